The molecule has 2 rings (SSSR count). The molecule has 2 aliphatic rings. The number of hydrogen-bond donors (Lipinski definition) is 1. The summed E-state index contributed by atoms with van der Waals surface area (Å²) in [5.74, 6) is 1.00. The molecule has 3 unspecified atom stereocenters. The first-order valence-corrected chi connectivity index (χ1v) is 6.63. The maximum atomic E-state index is 5.70. The van der Waals surface area contributed by atoms with E-state index in [0.717, 1.165) is 12.5 Å². The largest absolute Gasteiger partial charge is 0.377 e. The molecule has 1 heterocycles. The summed E-state index contributed by atoms with van der Waals surface area (Å²) in [6.07, 6.45) is 8.68. The van der Waals surface area contributed by atoms with Gasteiger partial charge in [-0.05, 0) is 39.0 Å². The van der Waals surface area contributed by atoms with Gasteiger partial charge in [0.1, 0.15) is 0 Å². The van der Waals surface area contributed by atoms with E-state index in [1.807, 2.05) is 0 Å². The molecule has 0 aromatic heterocycles. The first kappa shape index (κ1) is 11.4. The van der Waals surface area contributed by atoms with Gasteiger partial charge in [0.05, 0.1) is 6.10 Å². The summed E-state index contributed by atoms with van der Waals surface area (Å²) in [6, 6.07) is 1.19. The van der Waals surface area contributed by atoms with Gasteiger partial charge in [0.2, 0.25) is 0 Å². The summed E-state index contributed by atoms with van der Waals surface area (Å²) in [5.41, 5.74) is 0. The van der Waals surface area contributed by atoms with Crippen LogP contribution in [0.4, 0.5) is 0 Å². The van der Waals surface area contributed by atoms with Gasteiger partial charge in [0.25, 0.3) is 0 Å². The highest BCUT2D eigenvalue weighted by Crippen LogP contribution is 2.30. The van der Waals surface area contributed by atoms with E-state index in [1.165, 1.54) is 38.5 Å². The minimum absolute atomic E-state index is 0.467. The van der Waals surface area contributed by atoms with Crippen LogP contribution >= 0.6 is 0 Å². The molecule has 1 saturated carbocycles. The molecule has 15 heavy (non-hydrogen) atoms. The van der Waals surface area contributed by atoms with Crippen LogP contribution in [-0.2, 0) is 4.74 Å². The maximum Gasteiger partial charge on any atom is 0.0726 e. The second-order valence-electron chi connectivity index (χ2n) is 5.44. The van der Waals surface area contributed by atoms with Crippen LogP contribution in [0.25, 0.3) is 0 Å². The Hall–Kier alpha value is -0.0800. The van der Waals surface area contributed by atoms with E-state index in [2.05, 4.69) is 19.2 Å². The first-order valence-electron chi connectivity index (χ1n) is 6.63. The number of rotatable bonds is 5. The Bertz CT molecular complexity index is 185. The van der Waals surface area contributed by atoms with Gasteiger partial charge in [-0.2, -0.15) is 0 Å². The van der Waals surface area contributed by atoms with E-state index in [-0.39, 0.29) is 0 Å². The summed E-state index contributed by atoms with van der Waals surface area (Å²) in [4.78, 5) is 0. The molecule has 0 aromatic carbocycles. The Morgan fingerprint density at radius 3 is 2.53 bits per heavy atom. The number of hydrogen-bond acceptors (Lipinski definition) is 2. The van der Waals surface area contributed by atoms with Crippen molar-refractivity contribution in [3.8, 4) is 0 Å². The zero-order valence-corrected chi connectivity index (χ0v) is 10.2. The van der Waals surface area contributed by atoms with Crippen molar-refractivity contribution in [2.75, 3.05) is 6.61 Å². The lowest BCUT2D eigenvalue weighted by atomic mass is 9.81. The van der Waals surface area contributed by atoms with Crippen molar-refractivity contribution in [2.24, 2.45) is 5.92 Å². The molecule has 2 nitrogen and oxygen atoms in total. The molecule has 1 N–H and O–H groups in total. The Kier molecular flexibility index (Phi) is 4.04. The highest BCUT2D eigenvalue weighted by Gasteiger charge is 2.25. The number of nitrogens with one attached hydrogen (secondary N) is 1. The van der Waals surface area contributed by atoms with E-state index in [4.69, 9.17) is 4.74 Å². The zero-order chi connectivity index (χ0) is 10.7. The summed E-state index contributed by atoms with van der Waals surface area (Å²) in [5, 5.41) is 3.70. The molecule has 2 heteroatoms. The second-order valence-corrected chi connectivity index (χ2v) is 5.44. The van der Waals surface area contributed by atoms with Gasteiger partial charge in [-0.25, -0.2) is 0 Å². The molecular weight excluding hydrogens is 186 g/mol. The zero-order valence-electron chi connectivity index (χ0n) is 10.2. The first-order chi connectivity index (χ1) is 7.25. The van der Waals surface area contributed by atoms with Crippen molar-refractivity contribution in [3.63, 3.8) is 0 Å². The fourth-order valence-corrected chi connectivity index (χ4v) is 2.85. The Morgan fingerprint density at radius 2 is 2.00 bits per heavy atom. The summed E-state index contributed by atoms with van der Waals surface area (Å²) in [6.45, 7) is 5.56. The fourth-order valence-electron chi connectivity index (χ4n) is 2.85. The van der Waals surface area contributed by atoms with Gasteiger partial charge >= 0.3 is 0 Å². The average molecular weight is 211 g/mol. The number of ether oxygens (including phenoxy) is 1. The molecule has 0 spiro atoms. The van der Waals surface area contributed by atoms with Crippen molar-refractivity contribution >= 4 is 0 Å². The van der Waals surface area contributed by atoms with Crippen molar-refractivity contribution in [2.45, 2.75) is 70.6 Å². The Balaban J connectivity index is 1.65. The topological polar surface area (TPSA) is 21.3 Å². The van der Waals surface area contributed by atoms with Crippen molar-refractivity contribution in [1.29, 1.82) is 0 Å². The molecule has 88 valence electrons. The van der Waals surface area contributed by atoms with Crippen LogP contribution in [-0.4, -0.2) is 24.8 Å². The van der Waals surface area contributed by atoms with E-state index in [1.54, 1.807) is 0 Å². The van der Waals surface area contributed by atoms with Crippen LogP contribution in [0, 0.1) is 5.92 Å². The van der Waals surface area contributed by atoms with E-state index >= 15 is 0 Å². The SMILES string of the molecule is CC(CC1CCC1)NC(C)C1CCCO1. The van der Waals surface area contributed by atoms with Crippen molar-refractivity contribution in [3.05, 3.63) is 0 Å². The van der Waals surface area contributed by atoms with Gasteiger partial charge in [-0.3, -0.25) is 0 Å². The normalized spacial score (nSPS) is 31.2. The molecule has 1 saturated heterocycles. The standard InChI is InChI=1S/C13H25NO/c1-10(9-12-5-3-6-12)14-11(2)13-7-4-8-15-13/h10-14H,3-9H2,1-2H3. The summed E-state index contributed by atoms with van der Waals surface area (Å²) < 4.78 is 5.70. The Labute approximate surface area is 93.8 Å². The van der Waals surface area contributed by atoms with Gasteiger partial charge in [0, 0.05) is 18.7 Å². The summed E-state index contributed by atoms with van der Waals surface area (Å²) >= 11 is 0. The lowest BCUT2D eigenvalue weighted by Crippen LogP contribution is -2.43. The van der Waals surface area contributed by atoms with Crippen molar-refractivity contribution in [1.82, 2.24) is 5.32 Å². The van der Waals surface area contributed by atoms with Crippen LogP contribution in [0.2, 0.25) is 0 Å². The highest BCUT2D eigenvalue weighted by molar-refractivity contribution is 4.81. The predicted molar refractivity (Wildman–Crippen MR) is 63.0 cm³/mol. The summed E-state index contributed by atoms with van der Waals surface area (Å²) in [7, 11) is 0. The van der Waals surface area contributed by atoms with Gasteiger partial charge in [-0.15, -0.1) is 0 Å². The molecule has 0 radical (unpaired) electrons. The van der Waals surface area contributed by atoms with Crippen LogP contribution in [0.5, 0.6) is 0 Å². The smallest absolute Gasteiger partial charge is 0.0726 e. The quantitative estimate of drug-likeness (QED) is 0.755. The average Bonchev–Trinajstić information content (AvgIpc) is 2.64. The van der Waals surface area contributed by atoms with Gasteiger partial charge in [0.15, 0.2) is 0 Å². The minimum atomic E-state index is 0.467. The predicted octanol–water partition coefficient (Wildman–Crippen LogP) is 2.72. The molecule has 0 bridgehead atoms. The molecule has 1 aliphatic carbocycles. The van der Waals surface area contributed by atoms with Crippen LogP contribution in [0.1, 0.15) is 52.4 Å². The third-order valence-corrected chi connectivity index (χ3v) is 3.98. The molecule has 1 aliphatic heterocycles. The van der Waals surface area contributed by atoms with E-state index in [9.17, 15) is 0 Å². The third kappa shape index (κ3) is 3.18. The third-order valence-electron chi connectivity index (χ3n) is 3.98. The minimum Gasteiger partial charge on any atom is -0.377 e. The fraction of sp³-hybridized carbons (Fsp3) is 1.00. The Morgan fingerprint density at radius 1 is 1.20 bits per heavy atom. The van der Waals surface area contributed by atoms with Crippen molar-refractivity contribution < 1.29 is 4.74 Å². The molecule has 0 aromatic rings. The second kappa shape index (κ2) is 5.31. The van der Waals surface area contributed by atoms with Gasteiger partial charge in [-0.1, -0.05) is 19.3 Å². The van der Waals surface area contributed by atoms with Gasteiger partial charge < -0.3 is 10.1 Å². The van der Waals surface area contributed by atoms with Crippen LogP contribution in [0.15, 0.2) is 0 Å². The lowest BCUT2D eigenvalue weighted by Gasteiger charge is -2.31. The molecule has 2 fully saturated rings. The van der Waals surface area contributed by atoms with E-state index in [0.29, 0.717) is 18.2 Å². The maximum absolute atomic E-state index is 5.70. The monoisotopic (exact) mass is 211 g/mol. The highest BCUT2D eigenvalue weighted by atomic mass is 16.5. The van der Waals surface area contributed by atoms with Crippen LogP contribution in [0.3, 0.4) is 0 Å². The lowest BCUT2D eigenvalue weighted by molar-refractivity contribution is 0.0782. The van der Waals surface area contributed by atoms with E-state index < -0.39 is 0 Å². The molecular formula is C13H25NO. The molecule has 3 atom stereocenters. The van der Waals surface area contributed by atoms with Crippen LogP contribution < -0.4 is 5.32 Å². The molecule has 0 amide bonds.